The van der Waals surface area contributed by atoms with Crippen LogP contribution in [0.25, 0.3) is 11.2 Å². The quantitative estimate of drug-likeness (QED) is 0.722. The van der Waals surface area contributed by atoms with E-state index in [1.54, 1.807) is 13.4 Å². The molecular formula is C13H12ClN5O. The molecule has 3 rings (SSSR count). The van der Waals surface area contributed by atoms with E-state index in [9.17, 15) is 0 Å². The Hall–Kier alpha value is -2.34. The molecule has 0 aliphatic heterocycles. The number of nitrogens with one attached hydrogen (secondary N) is 2. The molecule has 20 heavy (non-hydrogen) atoms. The Bertz CT molecular complexity index is 742. The van der Waals surface area contributed by atoms with E-state index in [1.807, 2.05) is 24.3 Å². The van der Waals surface area contributed by atoms with Gasteiger partial charge in [-0.1, -0.05) is 12.1 Å². The number of imidazole rings is 1. The molecule has 0 saturated heterocycles. The van der Waals surface area contributed by atoms with Crippen molar-refractivity contribution in [3.63, 3.8) is 0 Å². The van der Waals surface area contributed by atoms with E-state index in [0.717, 1.165) is 11.3 Å². The predicted octanol–water partition coefficient (Wildman–Crippen LogP) is 2.63. The molecule has 0 spiro atoms. The van der Waals surface area contributed by atoms with Gasteiger partial charge in [-0.05, 0) is 29.3 Å². The Labute approximate surface area is 120 Å². The minimum Gasteiger partial charge on any atom is -0.497 e. The van der Waals surface area contributed by atoms with E-state index in [-0.39, 0.29) is 5.28 Å². The maximum Gasteiger partial charge on any atom is 0.226 e. The minimum absolute atomic E-state index is 0.176. The van der Waals surface area contributed by atoms with Crippen LogP contribution in [-0.2, 0) is 6.54 Å². The van der Waals surface area contributed by atoms with E-state index in [1.165, 1.54) is 0 Å². The monoisotopic (exact) mass is 289 g/mol. The minimum atomic E-state index is 0.176. The highest BCUT2D eigenvalue weighted by atomic mass is 35.5. The summed E-state index contributed by atoms with van der Waals surface area (Å²) in [7, 11) is 1.64. The summed E-state index contributed by atoms with van der Waals surface area (Å²) in [4.78, 5) is 15.3. The average molecular weight is 290 g/mol. The molecule has 0 aliphatic carbocycles. The van der Waals surface area contributed by atoms with Crippen molar-refractivity contribution in [3.05, 3.63) is 41.4 Å². The predicted molar refractivity (Wildman–Crippen MR) is 77.0 cm³/mol. The third-order valence-electron chi connectivity index (χ3n) is 2.85. The molecule has 3 aromatic rings. The summed E-state index contributed by atoms with van der Waals surface area (Å²) in [5.74, 6) is 1.42. The van der Waals surface area contributed by atoms with Gasteiger partial charge in [0.2, 0.25) is 5.28 Å². The van der Waals surface area contributed by atoms with Gasteiger partial charge >= 0.3 is 0 Å². The summed E-state index contributed by atoms with van der Waals surface area (Å²) in [6.45, 7) is 0.590. The fourth-order valence-electron chi connectivity index (χ4n) is 1.90. The van der Waals surface area contributed by atoms with Gasteiger partial charge in [-0.15, -0.1) is 0 Å². The van der Waals surface area contributed by atoms with Crippen LogP contribution in [0.4, 0.5) is 5.82 Å². The van der Waals surface area contributed by atoms with Crippen molar-refractivity contribution in [2.45, 2.75) is 6.54 Å². The fraction of sp³-hybridized carbons (Fsp3) is 0.154. The third kappa shape index (κ3) is 2.50. The van der Waals surface area contributed by atoms with Gasteiger partial charge in [-0.25, -0.2) is 4.98 Å². The van der Waals surface area contributed by atoms with Crippen LogP contribution in [0.2, 0.25) is 5.28 Å². The van der Waals surface area contributed by atoms with Crippen LogP contribution >= 0.6 is 11.6 Å². The number of hydrogen-bond acceptors (Lipinski definition) is 5. The second kappa shape index (κ2) is 5.34. The van der Waals surface area contributed by atoms with Gasteiger partial charge < -0.3 is 15.0 Å². The molecule has 102 valence electrons. The number of halogens is 1. The first-order valence-corrected chi connectivity index (χ1v) is 6.37. The molecule has 0 atom stereocenters. The molecule has 2 aromatic heterocycles. The first-order chi connectivity index (χ1) is 9.76. The fourth-order valence-corrected chi connectivity index (χ4v) is 2.07. The maximum atomic E-state index is 5.88. The zero-order valence-electron chi connectivity index (χ0n) is 10.7. The molecular weight excluding hydrogens is 278 g/mol. The average Bonchev–Trinajstić information content (AvgIpc) is 2.93. The molecule has 0 bridgehead atoms. The highest BCUT2D eigenvalue weighted by Crippen LogP contribution is 2.20. The molecule has 1 aromatic carbocycles. The lowest BCUT2D eigenvalue weighted by atomic mass is 10.2. The third-order valence-corrected chi connectivity index (χ3v) is 3.01. The summed E-state index contributed by atoms with van der Waals surface area (Å²) in [6.07, 6.45) is 1.56. The van der Waals surface area contributed by atoms with Gasteiger partial charge in [-0.2, -0.15) is 9.97 Å². The molecule has 2 heterocycles. The number of ether oxygens (including phenoxy) is 1. The van der Waals surface area contributed by atoms with Crippen LogP contribution in [0.3, 0.4) is 0 Å². The van der Waals surface area contributed by atoms with Crippen LogP contribution in [0.15, 0.2) is 30.6 Å². The molecule has 0 saturated carbocycles. The molecule has 2 N–H and O–H groups in total. The van der Waals surface area contributed by atoms with Crippen LogP contribution in [-0.4, -0.2) is 27.0 Å². The van der Waals surface area contributed by atoms with Crippen LogP contribution in [0.1, 0.15) is 5.56 Å². The Morgan fingerprint density at radius 2 is 2.25 bits per heavy atom. The van der Waals surface area contributed by atoms with Gasteiger partial charge in [0, 0.05) is 6.54 Å². The number of aromatic amines is 1. The van der Waals surface area contributed by atoms with Crippen molar-refractivity contribution in [1.82, 2.24) is 19.9 Å². The van der Waals surface area contributed by atoms with Crippen LogP contribution < -0.4 is 10.1 Å². The Morgan fingerprint density at radius 3 is 3.10 bits per heavy atom. The molecule has 0 radical (unpaired) electrons. The first-order valence-electron chi connectivity index (χ1n) is 5.99. The Morgan fingerprint density at radius 1 is 1.35 bits per heavy atom. The molecule has 6 nitrogen and oxygen atoms in total. The second-order valence-corrected chi connectivity index (χ2v) is 4.48. The summed E-state index contributed by atoms with van der Waals surface area (Å²) in [5.41, 5.74) is 2.35. The summed E-state index contributed by atoms with van der Waals surface area (Å²) in [6, 6.07) is 7.79. The number of hydrogen-bond donors (Lipinski definition) is 2. The van der Waals surface area contributed by atoms with E-state index in [2.05, 4.69) is 25.3 Å². The zero-order valence-corrected chi connectivity index (χ0v) is 11.5. The number of benzene rings is 1. The number of anilines is 1. The molecule has 0 fully saturated rings. The number of nitrogens with zero attached hydrogens (tertiary/aromatic N) is 3. The van der Waals surface area contributed by atoms with E-state index in [0.29, 0.717) is 23.5 Å². The standard InChI is InChI=1S/C13H12ClN5O/c1-20-9-4-2-3-8(5-9)6-15-11-10-12(17-7-16-10)19-13(14)18-11/h2-5,7H,6H2,1H3,(H2,15,16,17,18,19). The molecule has 0 amide bonds. The molecule has 0 aliphatic rings. The number of H-pyrrole nitrogens is 1. The van der Waals surface area contributed by atoms with Crippen molar-refractivity contribution in [2.75, 3.05) is 12.4 Å². The normalized spacial score (nSPS) is 10.7. The SMILES string of the molecule is COc1cccc(CNc2nc(Cl)nc3[nH]cnc23)c1. The zero-order chi connectivity index (χ0) is 13.9. The van der Waals surface area contributed by atoms with E-state index >= 15 is 0 Å². The Kier molecular flexibility index (Phi) is 3.39. The van der Waals surface area contributed by atoms with E-state index in [4.69, 9.17) is 16.3 Å². The topological polar surface area (TPSA) is 75.7 Å². The van der Waals surface area contributed by atoms with Gasteiger partial charge in [-0.3, -0.25) is 0 Å². The van der Waals surface area contributed by atoms with Crippen molar-refractivity contribution in [3.8, 4) is 5.75 Å². The molecule has 0 unspecified atom stereocenters. The maximum absolute atomic E-state index is 5.88. The van der Waals surface area contributed by atoms with Crippen molar-refractivity contribution < 1.29 is 4.74 Å². The second-order valence-electron chi connectivity index (χ2n) is 4.15. The smallest absolute Gasteiger partial charge is 0.226 e. The van der Waals surface area contributed by atoms with Crippen molar-refractivity contribution >= 4 is 28.6 Å². The highest BCUT2D eigenvalue weighted by Gasteiger charge is 2.08. The van der Waals surface area contributed by atoms with Gasteiger partial charge in [0.15, 0.2) is 11.5 Å². The Balaban J connectivity index is 1.84. The highest BCUT2D eigenvalue weighted by molar-refractivity contribution is 6.28. The number of methoxy groups -OCH3 is 1. The van der Waals surface area contributed by atoms with Crippen molar-refractivity contribution in [1.29, 1.82) is 0 Å². The van der Waals surface area contributed by atoms with Gasteiger partial charge in [0.1, 0.15) is 11.3 Å². The van der Waals surface area contributed by atoms with Crippen LogP contribution in [0, 0.1) is 0 Å². The van der Waals surface area contributed by atoms with E-state index < -0.39 is 0 Å². The van der Waals surface area contributed by atoms with Gasteiger partial charge in [0.25, 0.3) is 0 Å². The summed E-state index contributed by atoms with van der Waals surface area (Å²) in [5, 5.41) is 3.38. The summed E-state index contributed by atoms with van der Waals surface area (Å²) >= 11 is 5.88. The first kappa shape index (κ1) is 12.7. The largest absolute Gasteiger partial charge is 0.497 e. The number of rotatable bonds is 4. The van der Waals surface area contributed by atoms with Crippen molar-refractivity contribution in [2.24, 2.45) is 0 Å². The summed E-state index contributed by atoms with van der Waals surface area (Å²) < 4.78 is 5.19. The lowest BCUT2D eigenvalue weighted by Gasteiger charge is -2.07. The lowest BCUT2D eigenvalue weighted by molar-refractivity contribution is 0.414. The number of aromatic nitrogens is 4. The van der Waals surface area contributed by atoms with Gasteiger partial charge in [0.05, 0.1) is 13.4 Å². The molecule has 7 heteroatoms. The lowest BCUT2D eigenvalue weighted by Crippen LogP contribution is -2.03. The van der Waals surface area contributed by atoms with Crippen LogP contribution in [0.5, 0.6) is 5.75 Å². The number of fused-ring (bicyclic) bond motifs is 1.